The summed E-state index contributed by atoms with van der Waals surface area (Å²) in [6.45, 7) is 0.866. The summed E-state index contributed by atoms with van der Waals surface area (Å²) in [5.41, 5.74) is 1.52. The molecule has 1 saturated heterocycles. The highest BCUT2D eigenvalue weighted by Gasteiger charge is 2.19. The quantitative estimate of drug-likeness (QED) is 0.683. The van der Waals surface area contributed by atoms with E-state index < -0.39 is 11.0 Å². The average molecular weight is 292 g/mol. The van der Waals surface area contributed by atoms with Crippen LogP contribution in [0.25, 0.3) is 6.08 Å². The maximum absolute atomic E-state index is 11.0. The summed E-state index contributed by atoms with van der Waals surface area (Å²) in [7, 11) is 1.38. The molecule has 1 heterocycles. The number of ether oxygens (including phenoxy) is 1. The van der Waals surface area contributed by atoms with Gasteiger partial charge in [0, 0.05) is 19.2 Å². The van der Waals surface area contributed by atoms with Gasteiger partial charge in [0.1, 0.15) is 0 Å². The van der Waals surface area contributed by atoms with Gasteiger partial charge in [0.05, 0.1) is 12.0 Å². The summed E-state index contributed by atoms with van der Waals surface area (Å²) in [6.07, 6.45) is 2.42. The van der Waals surface area contributed by atoms with Gasteiger partial charge in [-0.1, -0.05) is 17.7 Å². The molecule has 2 rings (SSSR count). The molecule has 1 fully saturated rings. The number of benzene rings is 1. The predicted octanol–water partition coefficient (Wildman–Crippen LogP) is 2.76. The van der Waals surface area contributed by atoms with E-state index in [-0.39, 0.29) is 11.4 Å². The number of carbonyl (C=O) groups is 1. The molecule has 0 saturated carbocycles. The number of rotatable bonds is 3. The number of methoxy groups -OCH3 is 1. The first kappa shape index (κ1) is 14.8. The number of likely N-dealkylation sites (tertiary alicyclic amines) is 1. The summed E-state index contributed by atoms with van der Waals surface area (Å²) in [6, 6.07) is 4.70. The summed E-state index contributed by atoms with van der Waals surface area (Å²) in [5, 5.41) is 20.0. The van der Waals surface area contributed by atoms with E-state index in [1.54, 1.807) is 12.1 Å². The van der Waals surface area contributed by atoms with E-state index in [0.717, 1.165) is 18.4 Å². The van der Waals surface area contributed by atoms with Gasteiger partial charge in [0.2, 0.25) is 0 Å². The lowest BCUT2D eigenvalue weighted by Crippen LogP contribution is -2.35. The van der Waals surface area contributed by atoms with Crippen molar-refractivity contribution in [1.82, 2.24) is 4.90 Å². The topological polar surface area (TPSA) is 92.9 Å². The standard InChI is InChI=1S/C14H16N2O5/c1-21-13-5-4-10(8-12(13)16(19)20)7-11-3-2-6-15(9-11)14(17)18/h4-5,7-8H,2-3,6,9H2,1H3,(H,17,18). The van der Waals surface area contributed by atoms with Crippen LogP contribution in [0.1, 0.15) is 18.4 Å². The normalized spacial score (nSPS) is 16.8. The van der Waals surface area contributed by atoms with Crippen molar-refractivity contribution < 1.29 is 19.6 Å². The molecule has 7 nitrogen and oxygen atoms in total. The number of carboxylic acid groups (broad SMARTS) is 1. The van der Waals surface area contributed by atoms with E-state index in [4.69, 9.17) is 9.84 Å². The third kappa shape index (κ3) is 3.50. The lowest BCUT2D eigenvalue weighted by Gasteiger charge is -2.26. The van der Waals surface area contributed by atoms with Crippen molar-refractivity contribution in [3.8, 4) is 5.75 Å². The highest BCUT2D eigenvalue weighted by atomic mass is 16.6. The van der Waals surface area contributed by atoms with Crippen LogP contribution in [0, 0.1) is 10.1 Å². The third-order valence-corrected chi connectivity index (χ3v) is 3.36. The Bertz CT molecular complexity index is 597. The van der Waals surface area contributed by atoms with Crippen LogP contribution in [0.3, 0.4) is 0 Å². The Morgan fingerprint density at radius 1 is 1.52 bits per heavy atom. The molecule has 0 unspecified atom stereocenters. The lowest BCUT2D eigenvalue weighted by molar-refractivity contribution is -0.385. The van der Waals surface area contributed by atoms with Gasteiger partial charge in [0.15, 0.2) is 5.75 Å². The zero-order chi connectivity index (χ0) is 15.4. The van der Waals surface area contributed by atoms with Crippen molar-refractivity contribution in [3.63, 3.8) is 0 Å². The first-order chi connectivity index (χ1) is 10.0. The minimum absolute atomic E-state index is 0.0993. The summed E-state index contributed by atoms with van der Waals surface area (Å²) in [5.74, 6) is 0.206. The van der Waals surface area contributed by atoms with E-state index in [9.17, 15) is 14.9 Å². The van der Waals surface area contributed by atoms with Crippen LogP contribution in [0.4, 0.5) is 10.5 Å². The minimum Gasteiger partial charge on any atom is -0.490 e. The van der Waals surface area contributed by atoms with Crippen molar-refractivity contribution in [3.05, 3.63) is 39.4 Å². The van der Waals surface area contributed by atoms with Gasteiger partial charge in [-0.15, -0.1) is 0 Å². The molecular formula is C14H16N2O5. The van der Waals surface area contributed by atoms with Gasteiger partial charge in [-0.05, 0) is 24.5 Å². The molecule has 7 heteroatoms. The van der Waals surface area contributed by atoms with Gasteiger partial charge in [-0.2, -0.15) is 0 Å². The molecule has 0 atom stereocenters. The van der Waals surface area contributed by atoms with Gasteiger partial charge in [-0.3, -0.25) is 10.1 Å². The monoisotopic (exact) mass is 292 g/mol. The summed E-state index contributed by atoms with van der Waals surface area (Å²) >= 11 is 0. The van der Waals surface area contributed by atoms with Crippen LogP contribution < -0.4 is 4.74 Å². The number of hydrogen-bond acceptors (Lipinski definition) is 4. The van der Waals surface area contributed by atoms with E-state index in [1.165, 1.54) is 18.1 Å². The maximum Gasteiger partial charge on any atom is 0.407 e. The van der Waals surface area contributed by atoms with Crippen molar-refractivity contribution in [1.29, 1.82) is 0 Å². The number of amides is 1. The fourth-order valence-electron chi connectivity index (χ4n) is 2.36. The Morgan fingerprint density at radius 3 is 2.90 bits per heavy atom. The fourth-order valence-corrected chi connectivity index (χ4v) is 2.36. The molecule has 0 aliphatic carbocycles. The Morgan fingerprint density at radius 2 is 2.29 bits per heavy atom. The molecule has 0 aromatic heterocycles. The predicted molar refractivity (Wildman–Crippen MR) is 76.5 cm³/mol. The third-order valence-electron chi connectivity index (χ3n) is 3.36. The molecule has 21 heavy (non-hydrogen) atoms. The average Bonchev–Trinajstić information content (AvgIpc) is 2.47. The molecule has 1 aliphatic rings. The van der Waals surface area contributed by atoms with Crippen LogP contribution >= 0.6 is 0 Å². The summed E-state index contributed by atoms with van der Waals surface area (Å²) < 4.78 is 4.95. The Labute approximate surface area is 121 Å². The zero-order valence-electron chi connectivity index (χ0n) is 11.6. The van der Waals surface area contributed by atoms with Crippen LogP contribution in [0.15, 0.2) is 23.8 Å². The summed E-state index contributed by atoms with van der Waals surface area (Å²) in [4.78, 5) is 22.8. The van der Waals surface area contributed by atoms with Crippen LogP contribution in [-0.2, 0) is 0 Å². The largest absolute Gasteiger partial charge is 0.490 e. The van der Waals surface area contributed by atoms with Crippen molar-refractivity contribution in [2.75, 3.05) is 20.2 Å². The molecule has 1 N–H and O–H groups in total. The molecule has 1 aliphatic heterocycles. The Hall–Kier alpha value is -2.57. The van der Waals surface area contributed by atoms with Crippen LogP contribution in [0.2, 0.25) is 0 Å². The first-order valence-corrected chi connectivity index (χ1v) is 6.51. The van der Waals surface area contributed by atoms with E-state index in [0.29, 0.717) is 18.7 Å². The number of piperidine rings is 1. The number of nitro groups is 1. The van der Waals surface area contributed by atoms with Crippen molar-refractivity contribution >= 4 is 17.9 Å². The van der Waals surface area contributed by atoms with Gasteiger partial charge in [-0.25, -0.2) is 4.79 Å². The second-order valence-corrected chi connectivity index (χ2v) is 4.80. The Kier molecular flexibility index (Phi) is 4.42. The number of nitrogens with zero attached hydrogens (tertiary/aromatic N) is 2. The molecule has 0 spiro atoms. The smallest absolute Gasteiger partial charge is 0.407 e. The lowest BCUT2D eigenvalue weighted by atomic mass is 10.0. The van der Waals surface area contributed by atoms with E-state index >= 15 is 0 Å². The zero-order valence-corrected chi connectivity index (χ0v) is 11.6. The minimum atomic E-state index is -0.943. The molecule has 112 valence electrons. The molecule has 0 bridgehead atoms. The van der Waals surface area contributed by atoms with Gasteiger partial charge < -0.3 is 14.7 Å². The van der Waals surface area contributed by atoms with E-state index in [2.05, 4.69) is 0 Å². The van der Waals surface area contributed by atoms with Gasteiger partial charge in [0.25, 0.3) is 0 Å². The molecule has 1 amide bonds. The molecular weight excluding hydrogens is 276 g/mol. The highest BCUT2D eigenvalue weighted by Crippen LogP contribution is 2.29. The highest BCUT2D eigenvalue weighted by molar-refractivity contribution is 5.67. The molecule has 0 radical (unpaired) electrons. The second-order valence-electron chi connectivity index (χ2n) is 4.80. The Balaban J connectivity index is 2.26. The maximum atomic E-state index is 11.0. The van der Waals surface area contributed by atoms with Crippen molar-refractivity contribution in [2.24, 2.45) is 0 Å². The SMILES string of the molecule is COc1ccc(C=C2CCCN(C(=O)O)C2)cc1[N+](=O)[O-]. The molecule has 1 aromatic carbocycles. The van der Waals surface area contributed by atoms with Crippen LogP contribution in [0.5, 0.6) is 5.75 Å². The van der Waals surface area contributed by atoms with Gasteiger partial charge >= 0.3 is 11.8 Å². The van der Waals surface area contributed by atoms with Crippen LogP contribution in [-0.4, -0.2) is 41.2 Å². The number of nitro benzene ring substituents is 1. The second kappa shape index (κ2) is 6.25. The van der Waals surface area contributed by atoms with E-state index in [1.807, 2.05) is 6.08 Å². The molecule has 1 aromatic rings. The van der Waals surface area contributed by atoms with Crippen molar-refractivity contribution in [2.45, 2.75) is 12.8 Å². The number of hydrogen-bond donors (Lipinski definition) is 1. The first-order valence-electron chi connectivity index (χ1n) is 6.51. The fraction of sp³-hybridized carbons (Fsp3) is 0.357.